The number of halogens is 1. The smallest absolute Gasteiger partial charge is 0.259 e. The molecule has 0 N–H and O–H groups in total. The fourth-order valence-electron chi connectivity index (χ4n) is 3.64. The number of fused-ring (bicyclic) bond motifs is 3. The van der Waals surface area contributed by atoms with Gasteiger partial charge in [0.15, 0.2) is 0 Å². The van der Waals surface area contributed by atoms with Crippen molar-refractivity contribution < 1.29 is 14.0 Å². The van der Waals surface area contributed by atoms with Gasteiger partial charge in [0.1, 0.15) is 28.1 Å². The van der Waals surface area contributed by atoms with Crippen LogP contribution in [0.1, 0.15) is 24.4 Å². The second kappa shape index (κ2) is 6.17. The number of ether oxygens (including phenoxy) is 1. The highest BCUT2D eigenvalue weighted by molar-refractivity contribution is 6.34. The third-order valence-corrected chi connectivity index (χ3v) is 5.25. The lowest BCUT2D eigenvalue weighted by Crippen LogP contribution is -2.32. The third kappa shape index (κ3) is 2.55. The van der Waals surface area contributed by atoms with Crippen LogP contribution in [0.4, 0.5) is 0 Å². The Hall–Kier alpha value is -2.71. The van der Waals surface area contributed by atoms with Gasteiger partial charge in [-0.25, -0.2) is 4.98 Å². The van der Waals surface area contributed by atoms with Gasteiger partial charge in [0, 0.05) is 13.5 Å². The van der Waals surface area contributed by atoms with Gasteiger partial charge >= 0.3 is 0 Å². The van der Waals surface area contributed by atoms with E-state index in [1.165, 1.54) is 0 Å². The van der Waals surface area contributed by atoms with Crippen molar-refractivity contribution in [2.45, 2.75) is 32.3 Å². The van der Waals surface area contributed by atoms with Gasteiger partial charge in [-0.3, -0.25) is 4.40 Å². The molecule has 9 heteroatoms. The molecular weight excluding hydrogens is 370 g/mol. The molecule has 138 valence electrons. The van der Waals surface area contributed by atoms with Crippen molar-refractivity contribution in [3.8, 4) is 11.5 Å². The van der Waals surface area contributed by atoms with Crippen molar-refractivity contribution >= 4 is 28.2 Å². The minimum Gasteiger partial charge on any atom is -0.618 e. The van der Waals surface area contributed by atoms with Crippen LogP contribution in [0.3, 0.4) is 0 Å². The molecule has 0 aliphatic carbocycles. The van der Waals surface area contributed by atoms with E-state index in [0.29, 0.717) is 51.1 Å². The molecule has 27 heavy (non-hydrogen) atoms. The minimum atomic E-state index is 0.119. The van der Waals surface area contributed by atoms with Gasteiger partial charge in [-0.05, 0) is 25.0 Å². The Morgan fingerprint density at radius 2 is 2.30 bits per heavy atom. The molecule has 5 rings (SSSR count). The van der Waals surface area contributed by atoms with Gasteiger partial charge in [-0.2, -0.15) is 9.71 Å². The van der Waals surface area contributed by atoms with Crippen molar-refractivity contribution in [3.05, 3.63) is 46.3 Å². The summed E-state index contributed by atoms with van der Waals surface area (Å²) in [4.78, 5) is 8.91. The number of rotatable bonds is 3. The van der Waals surface area contributed by atoms with Crippen LogP contribution < -0.4 is 4.73 Å². The summed E-state index contributed by atoms with van der Waals surface area (Å²) in [6, 6.07) is 5.32. The van der Waals surface area contributed by atoms with Crippen LogP contribution in [0.25, 0.3) is 28.1 Å². The molecule has 1 saturated heterocycles. The molecule has 1 fully saturated rings. The van der Waals surface area contributed by atoms with Crippen LogP contribution in [-0.2, 0) is 11.2 Å². The third-order valence-electron chi connectivity index (χ3n) is 4.95. The summed E-state index contributed by atoms with van der Waals surface area (Å²) in [6.45, 7) is 2.50. The summed E-state index contributed by atoms with van der Waals surface area (Å²) in [5.74, 6) is 0.865. The van der Waals surface area contributed by atoms with E-state index in [1.807, 2.05) is 10.5 Å². The maximum Gasteiger partial charge on any atom is 0.259 e. The van der Waals surface area contributed by atoms with E-state index in [4.69, 9.17) is 20.9 Å². The Balaban J connectivity index is 1.64. The number of aryl methyl sites for hydroxylation is 1. The molecule has 0 amide bonds. The van der Waals surface area contributed by atoms with Crippen molar-refractivity contribution in [2.24, 2.45) is 0 Å². The zero-order valence-corrected chi connectivity index (χ0v) is 15.3. The van der Waals surface area contributed by atoms with Crippen LogP contribution in [0.5, 0.6) is 0 Å². The van der Waals surface area contributed by atoms with E-state index in [2.05, 4.69) is 15.1 Å². The lowest BCUT2D eigenvalue weighted by Gasteiger charge is -2.09. The van der Waals surface area contributed by atoms with Gasteiger partial charge in [-0.15, -0.1) is 0 Å². The quantitative estimate of drug-likeness (QED) is 0.397. The molecule has 1 unspecified atom stereocenters. The predicted molar refractivity (Wildman–Crippen MR) is 97.4 cm³/mol. The molecule has 0 saturated carbocycles. The molecule has 0 spiro atoms. The number of hydrogen-bond donors (Lipinski definition) is 0. The molecule has 0 radical (unpaired) electrons. The normalized spacial score (nSPS) is 17.3. The molecule has 4 aromatic rings. The largest absolute Gasteiger partial charge is 0.618 e. The van der Waals surface area contributed by atoms with E-state index >= 15 is 0 Å². The number of nitrogens with zero attached hydrogens (tertiary/aromatic N) is 5. The molecule has 1 aliphatic heterocycles. The lowest BCUT2D eigenvalue weighted by atomic mass is 10.2. The highest BCUT2D eigenvalue weighted by Gasteiger charge is 2.25. The summed E-state index contributed by atoms with van der Waals surface area (Å²) in [5.41, 5.74) is 2.67. The van der Waals surface area contributed by atoms with Gasteiger partial charge in [0.25, 0.3) is 5.52 Å². The average molecular weight is 386 g/mol. The van der Waals surface area contributed by atoms with Gasteiger partial charge in [0.05, 0.1) is 12.5 Å². The number of para-hydroxylation sites is 1. The fourth-order valence-corrected chi connectivity index (χ4v) is 3.88. The molecule has 3 aromatic heterocycles. The Morgan fingerprint density at radius 1 is 1.41 bits per heavy atom. The molecule has 0 bridgehead atoms. The highest BCUT2D eigenvalue weighted by Crippen LogP contribution is 2.28. The first-order chi connectivity index (χ1) is 13.1. The summed E-state index contributed by atoms with van der Waals surface area (Å²) >= 11 is 6.24. The van der Waals surface area contributed by atoms with E-state index in [-0.39, 0.29) is 6.10 Å². The van der Waals surface area contributed by atoms with E-state index in [9.17, 15) is 5.21 Å². The van der Waals surface area contributed by atoms with Crippen LogP contribution >= 0.6 is 11.6 Å². The van der Waals surface area contributed by atoms with Crippen molar-refractivity contribution in [2.75, 3.05) is 6.61 Å². The standard InChI is InChI=1S/C18H16ClN5O3/c1-10-16-15(18-21-14(27-22-18)8-11-4-3-7-26-11)20-9-23(16)13-6-2-5-12(19)17(13)24(10)25/h2,5-6,9,11H,3-4,7-8H2,1H3. The van der Waals surface area contributed by atoms with Crippen LogP contribution in [0.2, 0.25) is 5.02 Å². The average Bonchev–Trinajstić information content (AvgIpc) is 3.40. The SMILES string of the molecule is Cc1c2c(-c3noc(CC4CCCO4)n3)ncn2c2cccc(Cl)c2[n+]1[O-]. The number of aromatic nitrogens is 5. The van der Waals surface area contributed by atoms with E-state index < -0.39 is 0 Å². The van der Waals surface area contributed by atoms with E-state index in [1.54, 1.807) is 25.4 Å². The lowest BCUT2D eigenvalue weighted by molar-refractivity contribution is -0.583. The van der Waals surface area contributed by atoms with Crippen molar-refractivity contribution in [3.63, 3.8) is 0 Å². The van der Waals surface area contributed by atoms with E-state index in [0.717, 1.165) is 24.2 Å². The summed E-state index contributed by atoms with van der Waals surface area (Å²) in [7, 11) is 0. The number of imidazole rings is 1. The Labute approximate surface area is 158 Å². The monoisotopic (exact) mass is 385 g/mol. The maximum absolute atomic E-state index is 12.8. The van der Waals surface area contributed by atoms with Gasteiger partial charge in [-0.1, -0.05) is 22.8 Å². The van der Waals surface area contributed by atoms with Crippen molar-refractivity contribution in [1.82, 2.24) is 19.5 Å². The first-order valence-corrected chi connectivity index (χ1v) is 9.13. The molecule has 1 aliphatic rings. The topological polar surface area (TPSA) is 92.4 Å². The Morgan fingerprint density at radius 3 is 3.11 bits per heavy atom. The second-order valence-corrected chi connectivity index (χ2v) is 7.06. The molecule has 1 aromatic carbocycles. The summed E-state index contributed by atoms with van der Waals surface area (Å²) in [5, 5.41) is 17.2. The Bertz CT molecular complexity index is 1160. The first-order valence-electron chi connectivity index (χ1n) is 8.75. The molecule has 4 heterocycles. The Kier molecular flexibility index (Phi) is 3.76. The van der Waals surface area contributed by atoms with Crippen LogP contribution in [0, 0.1) is 12.1 Å². The number of benzene rings is 1. The first kappa shape index (κ1) is 16.5. The second-order valence-electron chi connectivity index (χ2n) is 6.65. The molecule has 1 atom stereocenters. The number of hydrogen-bond acceptors (Lipinski definition) is 6. The highest BCUT2D eigenvalue weighted by atomic mass is 35.5. The fraction of sp³-hybridized carbons (Fsp3) is 0.333. The van der Waals surface area contributed by atoms with Crippen LogP contribution in [0.15, 0.2) is 29.0 Å². The zero-order valence-electron chi connectivity index (χ0n) is 14.6. The van der Waals surface area contributed by atoms with Gasteiger partial charge < -0.3 is 14.5 Å². The maximum atomic E-state index is 12.8. The van der Waals surface area contributed by atoms with Gasteiger partial charge in [0.2, 0.25) is 17.4 Å². The summed E-state index contributed by atoms with van der Waals surface area (Å²) < 4.78 is 13.7. The zero-order chi connectivity index (χ0) is 18.5. The predicted octanol–water partition coefficient (Wildman–Crippen LogP) is 2.85. The molecular formula is C18H16ClN5O3. The van der Waals surface area contributed by atoms with Crippen molar-refractivity contribution in [1.29, 1.82) is 0 Å². The molecule has 8 nitrogen and oxygen atoms in total. The van der Waals surface area contributed by atoms with Crippen LogP contribution in [-0.4, -0.2) is 32.2 Å². The minimum absolute atomic E-state index is 0.119. The summed E-state index contributed by atoms with van der Waals surface area (Å²) in [6.07, 6.45) is 4.39.